The zero-order valence-electron chi connectivity index (χ0n) is 11.0. The molecule has 0 fully saturated rings. The minimum atomic E-state index is -0.162. The summed E-state index contributed by atoms with van der Waals surface area (Å²) in [5, 5.41) is 6.15. The van der Waals surface area contributed by atoms with E-state index in [9.17, 15) is 4.79 Å². The van der Waals surface area contributed by atoms with E-state index in [0.29, 0.717) is 6.54 Å². The van der Waals surface area contributed by atoms with Crippen LogP contribution >= 0.6 is 12.4 Å². The fourth-order valence-corrected chi connectivity index (χ4v) is 2.35. The summed E-state index contributed by atoms with van der Waals surface area (Å²) < 4.78 is 5.19. The number of benzene rings is 1. The summed E-state index contributed by atoms with van der Waals surface area (Å²) in [7, 11) is 0. The van der Waals surface area contributed by atoms with E-state index in [4.69, 9.17) is 4.42 Å². The fraction of sp³-hybridized carbons (Fsp3) is 0.267. The Hall–Kier alpha value is -1.78. The van der Waals surface area contributed by atoms with E-state index in [1.807, 2.05) is 24.3 Å². The lowest BCUT2D eigenvalue weighted by atomic mass is 9.95. The van der Waals surface area contributed by atoms with E-state index >= 15 is 0 Å². The van der Waals surface area contributed by atoms with Crippen LogP contribution in [-0.2, 0) is 24.3 Å². The predicted octanol–water partition coefficient (Wildman–Crippen LogP) is 2.03. The number of nitrogens with one attached hydrogen (secondary N) is 2. The molecule has 0 aliphatic carbocycles. The first-order valence-electron chi connectivity index (χ1n) is 6.43. The van der Waals surface area contributed by atoms with E-state index in [0.717, 1.165) is 18.7 Å². The first-order valence-corrected chi connectivity index (χ1v) is 6.43. The standard InChI is InChI=1S/C15H16N2O2.ClH/c18-15(17-10-13-6-3-7-19-13)14-8-11-4-1-2-5-12(11)9-16-14;/h1-7,14,16H,8-10H2,(H,17,18);1H/t14-;/m0./s1. The van der Waals surface area contributed by atoms with Crippen LogP contribution in [0.25, 0.3) is 0 Å². The molecule has 20 heavy (non-hydrogen) atoms. The molecule has 1 amide bonds. The van der Waals surface area contributed by atoms with Gasteiger partial charge in [-0.2, -0.15) is 0 Å². The van der Waals surface area contributed by atoms with E-state index < -0.39 is 0 Å². The van der Waals surface area contributed by atoms with E-state index in [1.54, 1.807) is 6.26 Å². The predicted molar refractivity (Wildman–Crippen MR) is 78.6 cm³/mol. The molecule has 0 bridgehead atoms. The molecule has 106 valence electrons. The monoisotopic (exact) mass is 292 g/mol. The average Bonchev–Trinajstić information content (AvgIpc) is 2.97. The van der Waals surface area contributed by atoms with Gasteiger partial charge in [-0.1, -0.05) is 24.3 Å². The molecule has 0 saturated carbocycles. The molecule has 0 radical (unpaired) electrons. The number of carbonyl (C=O) groups excluding carboxylic acids is 1. The molecule has 2 N–H and O–H groups in total. The van der Waals surface area contributed by atoms with Crippen LogP contribution in [0, 0.1) is 0 Å². The maximum absolute atomic E-state index is 12.1. The first kappa shape index (κ1) is 14.6. The third-order valence-corrected chi connectivity index (χ3v) is 3.41. The van der Waals surface area contributed by atoms with Crippen LogP contribution in [0.4, 0.5) is 0 Å². The van der Waals surface area contributed by atoms with Crippen molar-refractivity contribution >= 4 is 18.3 Å². The molecule has 1 atom stereocenters. The second-order valence-corrected chi connectivity index (χ2v) is 4.70. The van der Waals surface area contributed by atoms with Crippen molar-refractivity contribution in [3.05, 3.63) is 59.5 Å². The van der Waals surface area contributed by atoms with Gasteiger partial charge in [-0.15, -0.1) is 12.4 Å². The number of halogens is 1. The second-order valence-electron chi connectivity index (χ2n) is 4.70. The molecule has 0 unspecified atom stereocenters. The van der Waals surface area contributed by atoms with Gasteiger partial charge in [-0.05, 0) is 29.7 Å². The highest BCUT2D eigenvalue weighted by Gasteiger charge is 2.23. The van der Waals surface area contributed by atoms with Crippen LogP contribution < -0.4 is 10.6 Å². The molecule has 1 aromatic carbocycles. The fourth-order valence-electron chi connectivity index (χ4n) is 2.35. The van der Waals surface area contributed by atoms with Crippen molar-refractivity contribution in [3.8, 4) is 0 Å². The molecule has 1 aliphatic rings. The van der Waals surface area contributed by atoms with Gasteiger partial charge in [0.15, 0.2) is 0 Å². The van der Waals surface area contributed by atoms with Gasteiger partial charge in [0.2, 0.25) is 5.91 Å². The van der Waals surface area contributed by atoms with Crippen LogP contribution in [0.15, 0.2) is 47.1 Å². The minimum Gasteiger partial charge on any atom is -0.467 e. The second kappa shape index (κ2) is 6.59. The molecule has 0 saturated heterocycles. The van der Waals surface area contributed by atoms with Gasteiger partial charge >= 0.3 is 0 Å². The average molecular weight is 293 g/mol. The Morgan fingerprint density at radius 1 is 1.25 bits per heavy atom. The van der Waals surface area contributed by atoms with Gasteiger partial charge in [0.25, 0.3) is 0 Å². The Morgan fingerprint density at radius 2 is 2.05 bits per heavy atom. The Morgan fingerprint density at radius 3 is 2.80 bits per heavy atom. The SMILES string of the molecule is Cl.O=C(NCc1ccco1)[C@@H]1Cc2ccccc2CN1. The third-order valence-electron chi connectivity index (χ3n) is 3.41. The van der Waals surface area contributed by atoms with E-state index in [-0.39, 0.29) is 24.4 Å². The number of hydrogen-bond acceptors (Lipinski definition) is 3. The molecule has 5 heteroatoms. The molecular weight excluding hydrogens is 276 g/mol. The number of amides is 1. The Labute approximate surface area is 124 Å². The largest absolute Gasteiger partial charge is 0.467 e. The third kappa shape index (κ3) is 3.21. The normalized spacial score (nSPS) is 16.9. The van der Waals surface area contributed by atoms with Gasteiger partial charge in [0.1, 0.15) is 5.76 Å². The topological polar surface area (TPSA) is 54.3 Å². The maximum atomic E-state index is 12.1. The van der Waals surface area contributed by atoms with Crippen molar-refractivity contribution in [1.82, 2.24) is 10.6 Å². The summed E-state index contributed by atoms with van der Waals surface area (Å²) in [5.41, 5.74) is 2.52. The van der Waals surface area contributed by atoms with Gasteiger partial charge in [-0.3, -0.25) is 4.79 Å². The van der Waals surface area contributed by atoms with Gasteiger partial charge in [-0.25, -0.2) is 0 Å². The first-order chi connectivity index (χ1) is 9.33. The maximum Gasteiger partial charge on any atom is 0.237 e. The molecule has 3 rings (SSSR count). The lowest BCUT2D eigenvalue weighted by Gasteiger charge is -2.25. The van der Waals surface area contributed by atoms with Gasteiger partial charge in [0, 0.05) is 6.54 Å². The number of hydrogen-bond donors (Lipinski definition) is 2. The van der Waals surface area contributed by atoms with Crippen LogP contribution in [-0.4, -0.2) is 11.9 Å². The zero-order valence-corrected chi connectivity index (χ0v) is 11.8. The molecule has 1 aromatic heterocycles. The molecule has 2 heterocycles. The number of fused-ring (bicyclic) bond motifs is 1. The zero-order chi connectivity index (χ0) is 13.1. The van der Waals surface area contributed by atoms with Crippen molar-refractivity contribution < 1.29 is 9.21 Å². The summed E-state index contributed by atoms with van der Waals surface area (Å²) in [6.07, 6.45) is 2.34. The van der Waals surface area contributed by atoms with Crippen LogP contribution in [0.2, 0.25) is 0 Å². The van der Waals surface area contributed by atoms with Crippen LogP contribution in [0.5, 0.6) is 0 Å². The highest BCUT2D eigenvalue weighted by molar-refractivity contribution is 5.85. The van der Waals surface area contributed by atoms with Gasteiger partial charge < -0.3 is 15.1 Å². The van der Waals surface area contributed by atoms with Gasteiger partial charge in [0.05, 0.1) is 18.8 Å². The lowest BCUT2D eigenvalue weighted by molar-refractivity contribution is -0.123. The summed E-state index contributed by atoms with van der Waals surface area (Å²) in [4.78, 5) is 12.1. The summed E-state index contributed by atoms with van der Waals surface area (Å²) in [5.74, 6) is 0.787. The van der Waals surface area contributed by atoms with Crippen LogP contribution in [0.3, 0.4) is 0 Å². The number of furan rings is 1. The minimum absolute atomic E-state index is 0. The highest BCUT2D eigenvalue weighted by atomic mass is 35.5. The highest BCUT2D eigenvalue weighted by Crippen LogP contribution is 2.16. The summed E-state index contributed by atoms with van der Waals surface area (Å²) in [6.45, 7) is 1.18. The molecule has 4 nitrogen and oxygen atoms in total. The number of carbonyl (C=O) groups is 1. The lowest BCUT2D eigenvalue weighted by Crippen LogP contribution is -2.47. The van der Waals surface area contributed by atoms with Crippen molar-refractivity contribution in [2.24, 2.45) is 0 Å². The Kier molecular flexibility index (Phi) is 4.82. The van der Waals surface area contributed by atoms with E-state index in [2.05, 4.69) is 22.8 Å². The van der Waals surface area contributed by atoms with Crippen molar-refractivity contribution in [2.45, 2.75) is 25.6 Å². The van der Waals surface area contributed by atoms with Crippen molar-refractivity contribution in [1.29, 1.82) is 0 Å². The molecule has 0 spiro atoms. The molecule has 1 aliphatic heterocycles. The van der Waals surface area contributed by atoms with Crippen molar-refractivity contribution in [2.75, 3.05) is 0 Å². The smallest absolute Gasteiger partial charge is 0.237 e. The Bertz CT molecular complexity index is 569. The molecule has 2 aromatic rings. The van der Waals surface area contributed by atoms with Crippen molar-refractivity contribution in [3.63, 3.8) is 0 Å². The number of rotatable bonds is 3. The molecular formula is C15H17ClN2O2. The van der Waals surface area contributed by atoms with E-state index in [1.165, 1.54) is 11.1 Å². The van der Waals surface area contributed by atoms with Crippen LogP contribution in [0.1, 0.15) is 16.9 Å². The quantitative estimate of drug-likeness (QED) is 0.910. The summed E-state index contributed by atoms with van der Waals surface area (Å²) >= 11 is 0. The summed E-state index contributed by atoms with van der Waals surface area (Å²) in [6, 6.07) is 11.7. The Balaban J connectivity index is 0.00000147.